The highest BCUT2D eigenvalue weighted by Gasteiger charge is 2.13. The Morgan fingerprint density at radius 1 is 1.50 bits per heavy atom. The van der Waals surface area contributed by atoms with Crippen molar-refractivity contribution in [3.63, 3.8) is 0 Å². The van der Waals surface area contributed by atoms with Gasteiger partial charge in [0.25, 0.3) is 0 Å². The molecule has 1 heterocycles. The topological polar surface area (TPSA) is 55.9 Å². The molecular formula is C13H17ClN4. The van der Waals surface area contributed by atoms with Gasteiger partial charge in [-0.15, -0.1) is 0 Å². The molecule has 2 aromatic rings. The zero-order valence-electron chi connectivity index (χ0n) is 10.3. The molecule has 0 aliphatic rings. The first kappa shape index (κ1) is 12.9. The number of rotatable bonds is 5. The summed E-state index contributed by atoms with van der Waals surface area (Å²) in [7, 11) is 0. The van der Waals surface area contributed by atoms with E-state index < -0.39 is 0 Å². The Morgan fingerprint density at radius 2 is 2.33 bits per heavy atom. The molecule has 1 aromatic heterocycles. The van der Waals surface area contributed by atoms with Crippen molar-refractivity contribution in [2.75, 3.05) is 11.9 Å². The first-order chi connectivity index (χ1) is 8.74. The summed E-state index contributed by atoms with van der Waals surface area (Å²) >= 11 is 5.97. The van der Waals surface area contributed by atoms with E-state index in [1.165, 1.54) is 0 Å². The van der Waals surface area contributed by atoms with E-state index in [4.69, 9.17) is 17.3 Å². The van der Waals surface area contributed by atoms with Crippen molar-refractivity contribution < 1.29 is 0 Å². The summed E-state index contributed by atoms with van der Waals surface area (Å²) < 4.78 is 2.08. The van der Waals surface area contributed by atoms with Crippen molar-refractivity contribution in [1.29, 1.82) is 0 Å². The van der Waals surface area contributed by atoms with Crippen LogP contribution in [-0.4, -0.2) is 16.1 Å². The third-order valence-corrected chi connectivity index (χ3v) is 3.08. The van der Waals surface area contributed by atoms with Gasteiger partial charge >= 0.3 is 0 Å². The molecule has 1 unspecified atom stereocenters. The normalized spacial score (nSPS) is 12.4. The zero-order chi connectivity index (χ0) is 13.0. The second kappa shape index (κ2) is 5.89. The lowest BCUT2D eigenvalue weighted by molar-refractivity contribution is 0.654. The van der Waals surface area contributed by atoms with Crippen LogP contribution in [0.15, 0.2) is 36.8 Å². The minimum Gasteiger partial charge on any atom is -0.375 e. The molecule has 0 bridgehead atoms. The maximum absolute atomic E-state index is 5.97. The van der Waals surface area contributed by atoms with Gasteiger partial charge in [0.05, 0.1) is 24.3 Å². The van der Waals surface area contributed by atoms with E-state index in [2.05, 4.69) is 21.8 Å². The fourth-order valence-electron chi connectivity index (χ4n) is 1.92. The van der Waals surface area contributed by atoms with Crippen LogP contribution in [0.2, 0.25) is 5.02 Å². The lowest BCUT2D eigenvalue weighted by Gasteiger charge is -2.19. The maximum Gasteiger partial charge on any atom is 0.0948 e. The van der Waals surface area contributed by atoms with Crippen LogP contribution in [0.25, 0.3) is 0 Å². The molecule has 1 aromatic carbocycles. The molecular weight excluding hydrogens is 248 g/mol. The highest BCUT2D eigenvalue weighted by molar-refractivity contribution is 6.30. The first-order valence-corrected chi connectivity index (χ1v) is 6.34. The Balaban J connectivity index is 2.20. The molecule has 0 aliphatic carbocycles. The quantitative estimate of drug-likeness (QED) is 0.873. The molecule has 5 heteroatoms. The van der Waals surface area contributed by atoms with Crippen molar-refractivity contribution in [1.82, 2.24) is 9.55 Å². The molecule has 0 amide bonds. The lowest BCUT2D eigenvalue weighted by Crippen LogP contribution is -2.23. The monoisotopic (exact) mass is 264 g/mol. The van der Waals surface area contributed by atoms with Gasteiger partial charge in [-0.05, 0) is 25.1 Å². The van der Waals surface area contributed by atoms with Crippen LogP contribution in [0.1, 0.15) is 18.7 Å². The highest BCUT2D eigenvalue weighted by Crippen LogP contribution is 2.21. The van der Waals surface area contributed by atoms with Crippen molar-refractivity contribution in [2.45, 2.75) is 19.5 Å². The third-order valence-electron chi connectivity index (χ3n) is 2.84. The fraction of sp³-hybridized carbons (Fsp3) is 0.308. The van der Waals surface area contributed by atoms with E-state index in [1.54, 1.807) is 0 Å². The van der Waals surface area contributed by atoms with Gasteiger partial charge in [-0.25, -0.2) is 4.98 Å². The minimum atomic E-state index is 0.0333. The summed E-state index contributed by atoms with van der Waals surface area (Å²) in [5.41, 5.74) is 7.88. The number of imidazole rings is 1. The Hall–Kier alpha value is -1.52. The number of aryl methyl sites for hydroxylation is 1. The Kier molecular flexibility index (Phi) is 4.23. The predicted molar refractivity (Wildman–Crippen MR) is 74.8 cm³/mol. The summed E-state index contributed by atoms with van der Waals surface area (Å²) in [6, 6.07) is 7.65. The first-order valence-electron chi connectivity index (χ1n) is 5.96. The van der Waals surface area contributed by atoms with Crippen LogP contribution >= 0.6 is 11.6 Å². The molecule has 18 heavy (non-hydrogen) atoms. The molecule has 0 radical (unpaired) electrons. The Morgan fingerprint density at radius 3 is 3.00 bits per heavy atom. The summed E-state index contributed by atoms with van der Waals surface area (Å²) in [6.07, 6.45) is 3.66. The fourth-order valence-corrected chi connectivity index (χ4v) is 2.11. The highest BCUT2D eigenvalue weighted by atomic mass is 35.5. The van der Waals surface area contributed by atoms with Crippen molar-refractivity contribution in [3.8, 4) is 0 Å². The number of aromatic nitrogens is 2. The van der Waals surface area contributed by atoms with Crippen molar-refractivity contribution in [3.05, 3.63) is 47.5 Å². The smallest absolute Gasteiger partial charge is 0.0948 e. The molecule has 1 atom stereocenters. The summed E-state index contributed by atoms with van der Waals surface area (Å²) in [6.45, 7) is 3.46. The van der Waals surface area contributed by atoms with E-state index in [1.807, 2.05) is 36.8 Å². The lowest BCUT2D eigenvalue weighted by atomic mass is 10.2. The van der Waals surface area contributed by atoms with Crippen LogP contribution in [0, 0.1) is 0 Å². The van der Waals surface area contributed by atoms with E-state index in [0.29, 0.717) is 11.6 Å². The van der Waals surface area contributed by atoms with E-state index in [9.17, 15) is 0 Å². The van der Waals surface area contributed by atoms with Gasteiger partial charge in [-0.3, -0.25) is 0 Å². The van der Waals surface area contributed by atoms with Gasteiger partial charge in [0, 0.05) is 23.8 Å². The van der Waals surface area contributed by atoms with Crippen molar-refractivity contribution >= 4 is 17.3 Å². The number of hydrogen-bond acceptors (Lipinski definition) is 3. The molecule has 0 saturated carbocycles. The third kappa shape index (κ3) is 2.83. The molecule has 0 aliphatic heterocycles. The van der Waals surface area contributed by atoms with E-state index in [-0.39, 0.29) is 6.04 Å². The number of nitrogens with one attached hydrogen (secondary N) is 1. The molecule has 96 valence electrons. The second-order valence-electron chi connectivity index (χ2n) is 4.05. The molecule has 4 nitrogen and oxygen atoms in total. The predicted octanol–water partition coefficient (Wildman–Crippen LogP) is 2.67. The van der Waals surface area contributed by atoms with Gasteiger partial charge in [0.2, 0.25) is 0 Å². The number of hydrogen-bond donors (Lipinski definition) is 2. The van der Waals surface area contributed by atoms with E-state index in [0.717, 1.165) is 17.9 Å². The number of nitrogens with zero attached hydrogens (tertiary/aromatic N) is 2. The Bertz CT molecular complexity index is 509. The van der Waals surface area contributed by atoms with Crippen LogP contribution < -0.4 is 11.1 Å². The van der Waals surface area contributed by atoms with E-state index >= 15 is 0 Å². The maximum atomic E-state index is 5.97. The summed E-state index contributed by atoms with van der Waals surface area (Å²) in [5, 5.41) is 4.08. The van der Waals surface area contributed by atoms with Crippen LogP contribution in [-0.2, 0) is 6.54 Å². The summed E-state index contributed by atoms with van der Waals surface area (Å²) in [5.74, 6) is 0. The number of nitrogens with two attached hydrogens (primary N) is 1. The molecule has 0 saturated heterocycles. The van der Waals surface area contributed by atoms with Gasteiger partial charge in [0.1, 0.15) is 0 Å². The average Bonchev–Trinajstić information content (AvgIpc) is 2.84. The zero-order valence-corrected chi connectivity index (χ0v) is 11.1. The second-order valence-corrected chi connectivity index (χ2v) is 4.48. The minimum absolute atomic E-state index is 0.0333. The van der Waals surface area contributed by atoms with Crippen LogP contribution in [0.5, 0.6) is 0 Å². The number of anilines is 1. The van der Waals surface area contributed by atoms with Crippen molar-refractivity contribution in [2.24, 2.45) is 5.73 Å². The Labute approximate surface area is 112 Å². The van der Waals surface area contributed by atoms with Gasteiger partial charge < -0.3 is 15.6 Å². The number of halogens is 1. The SMILES string of the molecule is CCn1cncc1C(CN)Nc1cccc(Cl)c1. The van der Waals surface area contributed by atoms with Gasteiger partial charge in [-0.1, -0.05) is 17.7 Å². The standard InChI is InChI=1S/C13H17ClN4/c1-2-18-9-16-8-13(18)12(7-15)17-11-5-3-4-10(14)6-11/h3-6,8-9,12,17H,2,7,15H2,1H3. The van der Waals surface area contributed by atoms with Gasteiger partial charge in [0.15, 0.2) is 0 Å². The van der Waals surface area contributed by atoms with Crippen LogP contribution in [0.3, 0.4) is 0 Å². The van der Waals surface area contributed by atoms with Gasteiger partial charge in [-0.2, -0.15) is 0 Å². The largest absolute Gasteiger partial charge is 0.375 e. The summed E-state index contributed by atoms with van der Waals surface area (Å²) in [4.78, 5) is 4.16. The number of benzene rings is 1. The van der Waals surface area contributed by atoms with Crippen LogP contribution in [0.4, 0.5) is 5.69 Å². The molecule has 0 spiro atoms. The average molecular weight is 265 g/mol. The molecule has 0 fully saturated rings. The molecule has 3 N–H and O–H groups in total. The molecule has 2 rings (SSSR count).